The highest BCUT2D eigenvalue weighted by atomic mass is 32.2. The molecule has 0 spiro atoms. The summed E-state index contributed by atoms with van der Waals surface area (Å²) in [5.41, 5.74) is 0. The Hall–Kier alpha value is -1.05. The summed E-state index contributed by atoms with van der Waals surface area (Å²) in [4.78, 5) is -0.686. The van der Waals surface area contributed by atoms with Crippen LogP contribution in [0.5, 0.6) is 0 Å². The van der Waals surface area contributed by atoms with E-state index in [-0.39, 0.29) is 12.5 Å². The van der Waals surface area contributed by atoms with E-state index in [9.17, 15) is 22.3 Å². The molecule has 0 aromatic heterocycles. The smallest absolute Gasteiger partial charge is 0.243 e. The second kappa shape index (κ2) is 6.15. The minimum Gasteiger partial charge on any atom is -0.393 e. The standard InChI is InChI=1S/C13H17F2NO3S/c14-11-5-2-6-12(13(11)15)20(18,19)16-8-9-3-1-4-10(17)7-9/h2,5-6,9-10,16-17H,1,3-4,7-8H2. The highest BCUT2D eigenvalue weighted by molar-refractivity contribution is 7.89. The van der Waals surface area contributed by atoms with E-state index in [1.807, 2.05) is 0 Å². The number of rotatable bonds is 4. The number of benzene rings is 1. The number of hydrogen-bond acceptors (Lipinski definition) is 3. The third-order valence-electron chi connectivity index (χ3n) is 3.52. The predicted molar refractivity (Wildman–Crippen MR) is 69.5 cm³/mol. The molecule has 0 bridgehead atoms. The van der Waals surface area contributed by atoms with E-state index in [1.54, 1.807) is 0 Å². The number of aliphatic hydroxyl groups excluding tert-OH is 1. The maximum Gasteiger partial charge on any atom is 0.243 e. The summed E-state index contributed by atoms with van der Waals surface area (Å²) < 4.78 is 52.7. The van der Waals surface area contributed by atoms with Crippen molar-refractivity contribution in [1.82, 2.24) is 4.72 Å². The monoisotopic (exact) mass is 305 g/mol. The lowest BCUT2D eigenvalue weighted by Crippen LogP contribution is -2.33. The molecular formula is C13H17F2NO3S. The maximum absolute atomic E-state index is 13.5. The van der Waals surface area contributed by atoms with Crippen LogP contribution in [0, 0.1) is 17.6 Å². The van der Waals surface area contributed by atoms with Crippen LogP contribution in [-0.4, -0.2) is 26.2 Å². The van der Waals surface area contributed by atoms with Gasteiger partial charge in [0.25, 0.3) is 0 Å². The summed E-state index contributed by atoms with van der Waals surface area (Å²) in [6.45, 7) is 0.120. The second-order valence-corrected chi connectivity index (χ2v) is 6.83. The molecule has 2 atom stereocenters. The average Bonchev–Trinajstić information content (AvgIpc) is 2.40. The van der Waals surface area contributed by atoms with E-state index in [2.05, 4.69) is 4.72 Å². The summed E-state index contributed by atoms with van der Waals surface area (Å²) in [6.07, 6.45) is 2.48. The van der Waals surface area contributed by atoms with Gasteiger partial charge in [0.05, 0.1) is 6.10 Å². The van der Waals surface area contributed by atoms with E-state index in [4.69, 9.17) is 0 Å². The second-order valence-electron chi connectivity index (χ2n) is 5.09. The molecule has 1 aliphatic carbocycles. The summed E-state index contributed by atoms with van der Waals surface area (Å²) in [5.74, 6) is -2.55. The molecule has 4 nitrogen and oxygen atoms in total. The first-order valence-corrected chi connectivity index (χ1v) is 8.00. The summed E-state index contributed by atoms with van der Waals surface area (Å²) in [6, 6.07) is 3.04. The Morgan fingerprint density at radius 1 is 1.30 bits per heavy atom. The van der Waals surface area contributed by atoms with Crippen LogP contribution in [0.4, 0.5) is 8.78 Å². The first kappa shape index (κ1) is 15.3. The van der Waals surface area contributed by atoms with Crippen LogP contribution in [0.2, 0.25) is 0 Å². The first-order chi connectivity index (χ1) is 9.40. The third kappa shape index (κ3) is 3.53. The van der Waals surface area contributed by atoms with Crippen LogP contribution < -0.4 is 4.72 Å². The fourth-order valence-electron chi connectivity index (χ4n) is 2.44. The van der Waals surface area contributed by atoms with Crippen molar-refractivity contribution in [3.8, 4) is 0 Å². The SMILES string of the molecule is O=S(=O)(NCC1CCCC(O)C1)c1cccc(F)c1F. The zero-order valence-electron chi connectivity index (χ0n) is 10.9. The van der Waals surface area contributed by atoms with Crippen molar-refractivity contribution < 1.29 is 22.3 Å². The van der Waals surface area contributed by atoms with Crippen molar-refractivity contribution >= 4 is 10.0 Å². The van der Waals surface area contributed by atoms with Crippen molar-refractivity contribution in [2.24, 2.45) is 5.92 Å². The summed E-state index contributed by atoms with van der Waals surface area (Å²) >= 11 is 0. The lowest BCUT2D eigenvalue weighted by atomic mass is 9.87. The normalized spacial score (nSPS) is 23.8. The van der Waals surface area contributed by atoms with Gasteiger partial charge in [-0.25, -0.2) is 21.9 Å². The van der Waals surface area contributed by atoms with E-state index < -0.39 is 32.7 Å². The minimum absolute atomic E-state index is 0.0187. The van der Waals surface area contributed by atoms with Crippen LogP contribution >= 0.6 is 0 Å². The molecule has 0 radical (unpaired) electrons. The number of halogens is 2. The third-order valence-corrected chi connectivity index (χ3v) is 4.96. The molecule has 1 aromatic rings. The van der Waals surface area contributed by atoms with Crippen LogP contribution in [0.1, 0.15) is 25.7 Å². The molecule has 2 unspecified atom stereocenters. The van der Waals surface area contributed by atoms with Gasteiger partial charge in [-0.3, -0.25) is 0 Å². The fraction of sp³-hybridized carbons (Fsp3) is 0.538. The van der Waals surface area contributed by atoms with Gasteiger partial charge in [-0.2, -0.15) is 0 Å². The van der Waals surface area contributed by atoms with Crippen molar-refractivity contribution in [1.29, 1.82) is 0 Å². The summed E-state index contributed by atoms with van der Waals surface area (Å²) in [7, 11) is -4.08. The van der Waals surface area contributed by atoms with Crippen molar-refractivity contribution in [3.05, 3.63) is 29.8 Å². The molecule has 1 aromatic carbocycles. The first-order valence-electron chi connectivity index (χ1n) is 6.52. The minimum atomic E-state index is -4.08. The predicted octanol–water partition coefficient (Wildman–Crippen LogP) is 1.79. The van der Waals surface area contributed by atoms with E-state index in [1.165, 1.54) is 0 Å². The fourth-order valence-corrected chi connectivity index (χ4v) is 3.65. The van der Waals surface area contributed by atoms with Gasteiger partial charge in [0, 0.05) is 6.54 Å². The van der Waals surface area contributed by atoms with Crippen molar-refractivity contribution in [2.75, 3.05) is 6.54 Å². The molecule has 0 saturated heterocycles. The quantitative estimate of drug-likeness (QED) is 0.891. The van der Waals surface area contributed by atoms with Crippen LogP contribution in [0.15, 0.2) is 23.1 Å². The molecule has 1 saturated carbocycles. The van der Waals surface area contributed by atoms with Crippen molar-refractivity contribution in [2.45, 2.75) is 36.7 Å². The Morgan fingerprint density at radius 2 is 2.05 bits per heavy atom. The van der Waals surface area contributed by atoms with Crippen LogP contribution in [0.3, 0.4) is 0 Å². The molecule has 112 valence electrons. The molecule has 0 amide bonds. The van der Waals surface area contributed by atoms with Gasteiger partial charge in [0.15, 0.2) is 11.6 Å². The number of nitrogens with one attached hydrogen (secondary N) is 1. The van der Waals surface area contributed by atoms with Gasteiger partial charge in [-0.15, -0.1) is 0 Å². The molecule has 0 aliphatic heterocycles. The summed E-state index contributed by atoms with van der Waals surface area (Å²) in [5, 5.41) is 9.52. The van der Waals surface area contributed by atoms with Gasteiger partial charge in [0.2, 0.25) is 10.0 Å². The van der Waals surface area contributed by atoms with E-state index in [0.717, 1.165) is 37.5 Å². The van der Waals surface area contributed by atoms with Gasteiger partial charge in [-0.05, 0) is 37.3 Å². The molecule has 2 N–H and O–H groups in total. The van der Waals surface area contributed by atoms with Crippen molar-refractivity contribution in [3.63, 3.8) is 0 Å². The van der Waals surface area contributed by atoms with E-state index >= 15 is 0 Å². The molecule has 1 fully saturated rings. The Bertz CT molecular complexity index is 577. The Balaban J connectivity index is 2.06. The molecule has 0 heterocycles. The van der Waals surface area contributed by atoms with Gasteiger partial charge < -0.3 is 5.11 Å². The van der Waals surface area contributed by atoms with Gasteiger partial charge in [-0.1, -0.05) is 12.5 Å². The Kier molecular flexibility index (Phi) is 4.72. The van der Waals surface area contributed by atoms with Gasteiger partial charge in [0.1, 0.15) is 4.90 Å². The highest BCUT2D eigenvalue weighted by Gasteiger charge is 2.25. The topological polar surface area (TPSA) is 66.4 Å². The number of aliphatic hydroxyl groups is 1. The van der Waals surface area contributed by atoms with E-state index in [0.29, 0.717) is 6.42 Å². The lowest BCUT2D eigenvalue weighted by Gasteiger charge is -2.25. The lowest BCUT2D eigenvalue weighted by molar-refractivity contribution is 0.102. The van der Waals surface area contributed by atoms with Crippen LogP contribution in [0.25, 0.3) is 0 Å². The molecule has 1 aliphatic rings. The zero-order chi connectivity index (χ0) is 14.8. The number of hydrogen-bond donors (Lipinski definition) is 2. The average molecular weight is 305 g/mol. The maximum atomic E-state index is 13.5. The molecule has 20 heavy (non-hydrogen) atoms. The molecule has 2 rings (SSSR count). The van der Waals surface area contributed by atoms with Gasteiger partial charge >= 0.3 is 0 Å². The number of sulfonamides is 1. The molecule has 7 heteroatoms. The Morgan fingerprint density at radius 3 is 2.75 bits per heavy atom. The Labute approximate surface area is 116 Å². The van der Waals surface area contributed by atoms with Crippen LogP contribution in [-0.2, 0) is 10.0 Å². The molecular weight excluding hydrogens is 288 g/mol. The largest absolute Gasteiger partial charge is 0.393 e. The zero-order valence-corrected chi connectivity index (χ0v) is 11.7. The highest BCUT2D eigenvalue weighted by Crippen LogP contribution is 2.24.